The van der Waals surface area contributed by atoms with Crippen LogP contribution >= 0.6 is 0 Å². The molecule has 3 aliphatic heterocycles. The smallest absolute Gasteiger partial charge is 0.408 e. The summed E-state index contributed by atoms with van der Waals surface area (Å²) in [6.07, 6.45) is 1.76. The highest BCUT2D eigenvalue weighted by molar-refractivity contribution is 6.67. The Bertz CT molecular complexity index is 1260. The van der Waals surface area contributed by atoms with E-state index in [0.717, 1.165) is 18.7 Å². The van der Waals surface area contributed by atoms with Gasteiger partial charge in [0.15, 0.2) is 0 Å². The van der Waals surface area contributed by atoms with Crippen LogP contribution in [0.5, 0.6) is 0 Å². The van der Waals surface area contributed by atoms with Gasteiger partial charge in [-0.2, -0.15) is 0 Å². The first-order valence-electron chi connectivity index (χ1n) is 15.4. The molecule has 3 heterocycles. The van der Waals surface area contributed by atoms with Crippen molar-refractivity contribution >= 4 is 24.6 Å². The van der Waals surface area contributed by atoms with Gasteiger partial charge in [0.05, 0.1) is 0 Å². The van der Waals surface area contributed by atoms with Gasteiger partial charge in [-0.25, -0.2) is 9.18 Å². The maximum absolute atomic E-state index is 14.0. The van der Waals surface area contributed by atoms with Crippen LogP contribution in [0.25, 0.3) is 0 Å². The fourth-order valence-corrected chi connectivity index (χ4v) is 6.48. The van der Waals surface area contributed by atoms with E-state index in [-0.39, 0.29) is 18.9 Å². The molecule has 2 N–H and O–H groups in total. The first kappa shape index (κ1) is 31.9. The number of likely N-dealkylation sites (tertiary alicyclic amines) is 1. The molecular formula is C31H41BFN4O7-. The Hall–Kier alpha value is -3.52. The zero-order valence-corrected chi connectivity index (χ0v) is 25.1. The maximum atomic E-state index is 14.0. The third kappa shape index (κ3) is 7.58. The van der Waals surface area contributed by atoms with E-state index in [9.17, 15) is 18.8 Å². The second-order valence-corrected chi connectivity index (χ2v) is 11.5. The van der Waals surface area contributed by atoms with E-state index in [1.165, 1.54) is 17.0 Å². The average molecular weight is 611 g/mol. The molecule has 0 bridgehead atoms. The van der Waals surface area contributed by atoms with Gasteiger partial charge >= 0.3 is 12.8 Å². The first-order valence-corrected chi connectivity index (χ1v) is 15.4. The van der Waals surface area contributed by atoms with Gasteiger partial charge in [-0.15, -0.1) is 0 Å². The SMILES string of the molecule is COCCC[C@H](NC(=O)[C@@H]1CCCN1C(=O)[C@@H](Cc1ccc(F)cc1)NC(=O)OCc1ccccc1)[B-]12OCCN1CCO2. The van der Waals surface area contributed by atoms with Crippen molar-refractivity contribution in [2.45, 2.75) is 56.7 Å². The van der Waals surface area contributed by atoms with Crippen molar-refractivity contribution in [3.8, 4) is 0 Å². The Labute approximate surface area is 257 Å². The Kier molecular flexibility index (Phi) is 10.9. The summed E-state index contributed by atoms with van der Waals surface area (Å²) in [6.45, 7) is 1.62. The summed E-state index contributed by atoms with van der Waals surface area (Å²) < 4.78 is 36.5. The van der Waals surface area contributed by atoms with E-state index in [4.69, 9.17) is 18.8 Å². The van der Waals surface area contributed by atoms with Gasteiger partial charge in [0.25, 0.3) is 0 Å². The molecule has 0 aromatic heterocycles. The van der Waals surface area contributed by atoms with E-state index in [2.05, 4.69) is 15.4 Å². The first-order chi connectivity index (χ1) is 21.4. The minimum atomic E-state index is -1.85. The van der Waals surface area contributed by atoms with Crippen molar-refractivity contribution in [2.24, 2.45) is 0 Å². The number of nitrogens with one attached hydrogen (secondary N) is 2. The summed E-state index contributed by atoms with van der Waals surface area (Å²) in [4.78, 5) is 44.4. The quantitative estimate of drug-likeness (QED) is 0.262. The molecule has 3 saturated heterocycles. The number of hydrogen-bond acceptors (Lipinski definition) is 8. The van der Waals surface area contributed by atoms with Crippen LogP contribution in [0, 0.1) is 5.82 Å². The predicted octanol–water partition coefficient (Wildman–Crippen LogP) is 2.41. The molecule has 13 heteroatoms. The van der Waals surface area contributed by atoms with E-state index in [0.29, 0.717) is 57.6 Å². The number of hydrogen-bond donors (Lipinski definition) is 2. The molecule has 0 spiro atoms. The number of ether oxygens (including phenoxy) is 2. The van der Waals surface area contributed by atoms with Crippen molar-refractivity contribution in [1.29, 1.82) is 0 Å². The fraction of sp³-hybridized carbons (Fsp3) is 0.516. The molecule has 3 amide bonds. The number of rotatable bonds is 13. The largest absolute Gasteiger partial charge is 0.553 e. The Balaban J connectivity index is 1.29. The Morgan fingerprint density at radius 3 is 2.43 bits per heavy atom. The van der Waals surface area contributed by atoms with Gasteiger partial charge in [-0.05, 0) is 61.6 Å². The summed E-state index contributed by atoms with van der Waals surface area (Å²) in [7, 11) is 1.64. The highest BCUT2D eigenvalue weighted by Crippen LogP contribution is 2.31. The molecule has 3 aliphatic rings. The van der Waals surface area contributed by atoms with Crippen LogP contribution in [0.3, 0.4) is 0 Å². The van der Waals surface area contributed by atoms with E-state index >= 15 is 0 Å². The van der Waals surface area contributed by atoms with Crippen LogP contribution < -0.4 is 10.6 Å². The highest BCUT2D eigenvalue weighted by Gasteiger charge is 2.49. The number of halogens is 1. The van der Waals surface area contributed by atoms with Crippen molar-refractivity contribution in [3.63, 3.8) is 0 Å². The lowest BCUT2D eigenvalue weighted by Crippen LogP contribution is -2.65. The van der Waals surface area contributed by atoms with Crippen molar-refractivity contribution in [2.75, 3.05) is 46.6 Å². The summed E-state index contributed by atoms with van der Waals surface area (Å²) in [5, 5.41) is 5.88. The van der Waals surface area contributed by atoms with E-state index in [1.807, 2.05) is 30.3 Å². The fourth-order valence-electron chi connectivity index (χ4n) is 6.48. The number of carbonyl (C=O) groups is 3. The number of fused-ring (bicyclic) bond motifs is 1. The molecule has 3 atom stereocenters. The van der Waals surface area contributed by atoms with Gasteiger partial charge in [0.1, 0.15) is 24.5 Å². The van der Waals surface area contributed by atoms with Crippen LogP contribution in [0.15, 0.2) is 54.6 Å². The molecular weight excluding hydrogens is 570 g/mol. The normalized spacial score (nSPS) is 20.6. The Morgan fingerprint density at radius 1 is 1.00 bits per heavy atom. The third-order valence-electron chi connectivity index (χ3n) is 8.67. The van der Waals surface area contributed by atoms with Crippen LogP contribution in [0.4, 0.5) is 9.18 Å². The molecule has 5 rings (SSSR count). The second-order valence-electron chi connectivity index (χ2n) is 11.5. The number of nitrogens with zero attached hydrogens (tertiary/aromatic N) is 2. The molecule has 3 fully saturated rings. The predicted molar refractivity (Wildman–Crippen MR) is 161 cm³/mol. The van der Waals surface area contributed by atoms with Crippen molar-refractivity contribution in [1.82, 2.24) is 20.3 Å². The van der Waals surface area contributed by atoms with Gasteiger partial charge < -0.3 is 39.1 Å². The molecule has 44 heavy (non-hydrogen) atoms. The van der Waals surface area contributed by atoms with Crippen LogP contribution in [0.1, 0.15) is 36.8 Å². The van der Waals surface area contributed by atoms with Crippen molar-refractivity contribution < 1.29 is 37.6 Å². The number of alkyl carbamates (subject to hydrolysis) is 1. The van der Waals surface area contributed by atoms with E-state index < -0.39 is 42.5 Å². The summed E-state index contributed by atoms with van der Waals surface area (Å²) in [5.74, 6) is -1.49. The van der Waals surface area contributed by atoms with Gasteiger partial charge in [-0.1, -0.05) is 48.9 Å². The second kappa shape index (κ2) is 15.0. The Morgan fingerprint density at radius 2 is 1.73 bits per heavy atom. The summed E-state index contributed by atoms with van der Waals surface area (Å²) in [5.41, 5.74) is 1.46. The molecule has 11 nitrogen and oxygen atoms in total. The topological polar surface area (TPSA) is 119 Å². The van der Waals surface area contributed by atoms with Gasteiger partial charge in [0, 0.05) is 39.9 Å². The van der Waals surface area contributed by atoms with Gasteiger partial charge in [0.2, 0.25) is 11.8 Å². The average Bonchev–Trinajstić information content (AvgIpc) is 3.77. The minimum absolute atomic E-state index is 0.0357. The number of methoxy groups -OCH3 is 1. The molecule has 238 valence electrons. The zero-order valence-electron chi connectivity index (χ0n) is 25.1. The minimum Gasteiger partial charge on any atom is -0.553 e. The molecule has 0 unspecified atom stereocenters. The summed E-state index contributed by atoms with van der Waals surface area (Å²) >= 11 is 0. The van der Waals surface area contributed by atoms with E-state index in [1.54, 1.807) is 19.2 Å². The van der Waals surface area contributed by atoms with Crippen LogP contribution in [-0.2, 0) is 41.4 Å². The maximum Gasteiger partial charge on any atom is 0.408 e. The third-order valence-corrected chi connectivity index (χ3v) is 8.67. The number of benzene rings is 2. The van der Waals surface area contributed by atoms with Gasteiger partial charge in [-0.3, -0.25) is 9.59 Å². The lowest BCUT2D eigenvalue weighted by molar-refractivity contribution is -0.140. The van der Waals surface area contributed by atoms with Crippen LogP contribution in [-0.4, -0.2) is 98.9 Å². The lowest BCUT2D eigenvalue weighted by Gasteiger charge is -2.44. The molecule has 0 radical (unpaired) electrons. The molecule has 2 aromatic carbocycles. The summed E-state index contributed by atoms with van der Waals surface area (Å²) in [6, 6.07) is 13.2. The van der Waals surface area contributed by atoms with Crippen LogP contribution in [0.2, 0.25) is 0 Å². The molecule has 0 saturated carbocycles. The monoisotopic (exact) mass is 611 g/mol. The molecule has 0 aliphatic carbocycles. The number of amides is 3. The molecule has 2 aromatic rings. The highest BCUT2D eigenvalue weighted by atomic mass is 19.1. The van der Waals surface area contributed by atoms with Crippen molar-refractivity contribution in [3.05, 3.63) is 71.5 Å². The lowest BCUT2D eigenvalue weighted by atomic mass is 9.60. The zero-order chi connectivity index (χ0) is 30.9. The number of carbonyl (C=O) groups excluding carboxylic acids is 3. The standard InChI is InChI=1S/C31H41BFN4O7/c1-41-18-6-10-28(32-36(16-19-43-32)17-20-44-32)35-29(38)27-9-5-15-37(27)30(39)26(21-23-11-13-25(33)14-12-23)34-31(40)42-22-24-7-3-2-4-8-24/h2-4,7-8,11-14,26-28H,5-6,9-10,15-22H2,1H3,(H,34,40)(H,35,38)/q-1/t26-,27+,28+/m1/s1.